The van der Waals surface area contributed by atoms with Crippen molar-refractivity contribution in [2.75, 3.05) is 0 Å². The summed E-state index contributed by atoms with van der Waals surface area (Å²) < 4.78 is 1.24. The van der Waals surface area contributed by atoms with Crippen molar-refractivity contribution in [2.24, 2.45) is 0 Å². The summed E-state index contributed by atoms with van der Waals surface area (Å²) in [4.78, 5) is 20.8. The van der Waals surface area contributed by atoms with Gasteiger partial charge in [-0.15, -0.1) is 0 Å². The molecule has 0 fully saturated rings. The molecule has 1 heterocycles. The zero-order valence-electron chi connectivity index (χ0n) is 5.50. The smallest absolute Gasteiger partial charge is 0.251 e. The maximum atomic E-state index is 10.7. The molecule has 0 N–H and O–H groups in total. The Kier molecular flexibility index (Phi) is 1.67. The lowest BCUT2D eigenvalue weighted by Crippen LogP contribution is -2.07. The van der Waals surface area contributed by atoms with Gasteiger partial charge in [0.25, 0.3) is 6.29 Å². The maximum Gasteiger partial charge on any atom is 0.251 e. The molecule has 0 unspecified atom stereocenters. The van der Waals surface area contributed by atoms with Gasteiger partial charge in [-0.2, -0.15) is 0 Å². The average Bonchev–Trinajstić information content (AvgIpc) is 2.33. The van der Waals surface area contributed by atoms with Crippen LogP contribution in [0.2, 0.25) is 0 Å². The third-order valence-corrected chi connectivity index (χ3v) is 1.19. The number of hydrogen-bond acceptors (Lipinski definition) is 2. The van der Waals surface area contributed by atoms with E-state index in [9.17, 15) is 9.59 Å². The fraction of sp³-hybridized carbons (Fsp3) is 0.143. The molecule has 0 aromatic carbocycles. The molecule has 1 aromatic rings. The molecular weight excluding hydrogens is 130 g/mol. The van der Waals surface area contributed by atoms with E-state index in [1.54, 1.807) is 12.4 Å². The van der Waals surface area contributed by atoms with Crippen LogP contribution in [-0.2, 0) is 4.79 Å². The normalized spacial score (nSPS) is 9.30. The van der Waals surface area contributed by atoms with Crippen LogP contribution >= 0.6 is 0 Å². The van der Waals surface area contributed by atoms with Gasteiger partial charge < -0.3 is 0 Å². The summed E-state index contributed by atoms with van der Waals surface area (Å²) in [5, 5.41) is 0. The van der Waals surface area contributed by atoms with Gasteiger partial charge in [0.1, 0.15) is 0 Å². The van der Waals surface area contributed by atoms with Gasteiger partial charge in [0.2, 0.25) is 5.91 Å². The van der Waals surface area contributed by atoms with Crippen molar-refractivity contribution in [3.63, 3.8) is 0 Å². The largest absolute Gasteiger partial charge is 0.284 e. The molecule has 0 atom stereocenters. The van der Waals surface area contributed by atoms with Crippen LogP contribution in [0.25, 0.3) is 0 Å². The lowest BCUT2D eigenvalue weighted by Gasteiger charge is -1.94. The summed E-state index contributed by atoms with van der Waals surface area (Å²) >= 11 is 0. The van der Waals surface area contributed by atoms with Crippen molar-refractivity contribution < 1.29 is 9.59 Å². The number of hydrogen-bond donors (Lipinski definition) is 0. The van der Waals surface area contributed by atoms with E-state index in [0.717, 1.165) is 0 Å². The highest BCUT2D eigenvalue weighted by molar-refractivity contribution is 5.84. The molecule has 0 spiro atoms. The molecule has 0 saturated carbocycles. The molecule has 3 nitrogen and oxygen atoms in total. The Balaban J connectivity index is 3.13. The maximum absolute atomic E-state index is 10.7. The minimum Gasteiger partial charge on any atom is -0.284 e. The number of nitrogens with zero attached hydrogens (tertiary/aromatic N) is 1. The summed E-state index contributed by atoms with van der Waals surface area (Å²) in [7, 11) is 0. The van der Waals surface area contributed by atoms with E-state index < -0.39 is 0 Å². The predicted octanol–water partition coefficient (Wildman–Crippen LogP) is 0.606. The van der Waals surface area contributed by atoms with E-state index in [-0.39, 0.29) is 11.6 Å². The van der Waals surface area contributed by atoms with Crippen LogP contribution in [0.15, 0.2) is 18.3 Å². The molecule has 0 saturated heterocycles. The minimum absolute atomic E-state index is 0.177. The molecule has 0 aliphatic heterocycles. The quantitative estimate of drug-likeness (QED) is 0.567. The van der Waals surface area contributed by atoms with E-state index in [1.807, 2.05) is 0 Å². The van der Waals surface area contributed by atoms with E-state index in [0.29, 0.717) is 0 Å². The lowest BCUT2D eigenvalue weighted by molar-refractivity contribution is 0.0936. The number of aromatic nitrogens is 1. The second-order valence-electron chi connectivity index (χ2n) is 1.88. The summed E-state index contributed by atoms with van der Waals surface area (Å²) in [6, 6.07) is 3.16. The Labute approximate surface area is 58.3 Å². The van der Waals surface area contributed by atoms with Crippen molar-refractivity contribution in [3.05, 3.63) is 24.0 Å². The van der Waals surface area contributed by atoms with Crippen molar-refractivity contribution in [1.29, 1.82) is 0 Å². The molecule has 0 aliphatic rings. The molecule has 1 aromatic heterocycles. The molecule has 51 valence electrons. The first-order valence-corrected chi connectivity index (χ1v) is 2.82. The second-order valence-corrected chi connectivity index (χ2v) is 1.88. The van der Waals surface area contributed by atoms with Crippen LogP contribution in [0.4, 0.5) is 0 Å². The highest BCUT2D eigenvalue weighted by Crippen LogP contribution is 1.97. The Morgan fingerprint density at radius 3 is 2.80 bits per heavy atom. The van der Waals surface area contributed by atoms with E-state index >= 15 is 0 Å². The topological polar surface area (TPSA) is 39.1 Å². The molecule has 0 aliphatic carbocycles. The summed E-state index contributed by atoms with van der Waals surface area (Å²) in [6.07, 6.45) is 3.18. The number of carbonyl (C=O) groups is 1. The summed E-state index contributed by atoms with van der Waals surface area (Å²) in [5.41, 5.74) is 0.271. The van der Waals surface area contributed by atoms with E-state index in [2.05, 4.69) is 0 Å². The van der Waals surface area contributed by atoms with Gasteiger partial charge in [0, 0.05) is 13.1 Å². The first-order valence-electron chi connectivity index (χ1n) is 2.82. The van der Waals surface area contributed by atoms with Crippen molar-refractivity contribution >= 4 is 12.2 Å². The van der Waals surface area contributed by atoms with Gasteiger partial charge in [-0.25, -0.2) is 0 Å². The Morgan fingerprint density at radius 2 is 2.40 bits per heavy atom. The Hall–Kier alpha value is -1.38. The van der Waals surface area contributed by atoms with Crippen LogP contribution < -0.4 is 0 Å². The van der Waals surface area contributed by atoms with Crippen molar-refractivity contribution in [1.82, 2.24) is 4.57 Å². The highest BCUT2D eigenvalue weighted by Gasteiger charge is 2.01. The fourth-order valence-electron chi connectivity index (χ4n) is 0.739. The molecule has 0 bridgehead atoms. The minimum atomic E-state index is -0.177. The van der Waals surface area contributed by atoms with E-state index in [4.69, 9.17) is 0 Å². The predicted molar refractivity (Wildman–Crippen MR) is 35.5 cm³/mol. The number of carbonyl (C=O) groups excluding carboxylic acids is 2. The van der Waals surface area contributed by atoms with Crippen LogP contribution in [0.5, 0.6) is 0 Å². The molecule has 1 radical (unpaired) electrons. The average molecular weight is 136 g/mol. The van der Waals surface area contributed by atoms with E-state index in [1.165, 1.54) is 23.8 Å². The van der Waals surface area contributed by atoms with Crippen LogP contribution in [0.1, 0.15) is 17.4 Å². The summed E-state index contributed by atoms with van der Waals surface area (Å²) in [6.45, 7) is 1.39. The third-order valence-electron chi connectivity index (χ3n) is 1.19. The van der Waals surface area contributed by atoms with Gasteiger partial charge >= 0.3 is 0 Å². The first-order chi connectivity index (χ1) is 4.75. The standard InChI is InChI=1S/C7H6NO2/c1-6(10)8-4-2-3-7(8)5-9/h2-4H,1H3. The molecule has 3 heteroatoms. The molecular formula is C7H6NO2. The zero-order chi connectivity index (χ0) is 7.56. The molecule has 1 rings (SSSR count). The van der Waals surface area contributed by atoms with Crippen LogP contribution in [0.3, 0.4) is 0 Å². The molecule has 10 heavy (non-hydrogen) atoms. The van der Waals surface area contributed by atoms with Gasteiger partial charge in [-0.05, 0) is 12.1 Å². The Morgan fingerprint density at radius 1 is 1.70 bits per heavy atom. The van der Waals surface area contributed by atoms with Crippen molar-refractivity contribution in [2.45, 2.75) is 6.92 Å². The van der Waals surface area contributed by atoms with Gasteiger partial charge in [-0.1, -0.05) is 0 Å². The van der Waals surface area contributed by atoms with Gasteiger partial charge in [0.05, 0.1) is 5.69 Å². The zero-order valence-corrected chi connectivity index (χ0v) is 5.50. The SMILES string of the molecule is CC(=O)n1cccc1[C]=O. The van der Waals surface area contributed by atoms with Crippen LogP contribution in [-0.4, -0.2) is 16.8 Å². The van der Waals surface area contributed by atoms with Gasteiger partial charge in [0.15, 0.2) is 0 Å². The third kappa shape index (κ3) is 0.978. The number of rotatable bonds is 1. The Bertz CT molecular complexity index is 262. The first kappa shape index (κ1) is 6.74. The summed E-state index contributed by atoms with van der Waals surface area (Å²) in [5.74, 6) is -0.177. The second kappa shape index (κ2) is 2.47. The monoisotopic (exact) mass is 136 g/mol. The molecule has 0 amide bonds. The van der Waals surface area contributed by atoms with Gasteiger partial charge in [-0.3, -0.25) is 14.2 Å². The lowest BCUT2D eigenvalue weighted by atomic mass is 10.5. The van der Waals surface area contributed by atoms with Crippen molar-refractivity contribution in [3.8, 4) is 0 Å². The van der Waals surface area contributed by atoms with Crippen LogP contribution in [0, 0.1) is 0 Å². The highest BCUT2D eigenvalue weighted by atomic mass is 16.2. The fourth-order valence-corrected chi connectivity index (χ4v) is 0.739.